The first kappa shape index (κ1) is 16.0. The Labute approximate surface area is 123 Å². The topological polar surface area (TPSA) is 81.9 Å². The zero-order valence-corrected chi connectivity index (χ0v) is 12.8. The molecule has 1 aliphatic rings. The van der Waals surface area contributed by atoms with Crippen molar-refractivity contribution in [1.29, 1.82) is 0 Å². The molecule has 1 atom stereocenters. The molecule has 2 rings (SSSR count). The normalized spacial score (nSPS) is 19.7. The molecule has 0 radical (unpaired) electrons. The Hall–Kier alpha value is -1.38. The Morgan fingerprint density at radius 3 is 2.52 bits per heavy atom. The van der Waals surface area contributed by atoms with Crippen LogP contribution in [0.15, 0.2) is 17.0 Å². The molecule has 2 N–H and O–H groups in total. The van der Waals surface area contributed by atoms with Gasteiger partial charge in [-0.25, -0.2) is 12.8 Å². The summed E-state index contributed by atoms with van der Waals surface area (Å²) in [6.07, 6.45) is 1.40. The van der Waals surface area contributed by atoms with Crippen molar-refractivity contribution in [3.05, 3.63) is 17.9 Å². The molecule has 21 heavy (non-hydrogen) atoms. The van der Waals surface area contributed by atoms with Gasteiger partial charge in [-0.2, -0.15) is 4.31 Å². The number of hydrogen-bond donors (Lipinski definition) is 1. The summed E-state index contributed by atoms with van der Waals surface area (Å²) in [5, 5.41) is 0. The van der Waals surface area contributed by atoms with Crippen molar-refractivity contribution < 1.29 is 22.3 Å². The van der Waals surface area contributed by atoms with Gasteiger partial charge in [0.2, 0.25) is 10.0 Å². The highest BCUT2D eigenvalue weighted by Gasteiger charge is 2.36. The van der Waals surface area contributed by atoms with E-state index in [4.69, 9.17) is 15.2 Å². The maximum absolute atomic E-state index is 14.2. The summed E-state index contributed by atoms with van der Waals surface area (Å²) in [4.78, 5) is -0.416. The van der Waals surface area contributed by atoms with Crippen LogP contribution in [0.2, 0.25) is 0 Å². The fraction of sp³-hybridized carbons (Fsp3) is 0.538. The summed E-state index contributed by atoms with van der Waals surface area (Å²) < 4.78 is 50.7. The number of methoxy groups -OCH3 is 2. The van der Waals surface area contributed by atoms with Gasteiger partial charge < -0.3 is 15.2 Å². The third kappa shape index (κ3) is 2.83. The van der Waals surface area contributed by atoms with Crippen molar-refractivity contribution in [2.75, 3.05) is 27.3 Å². The maximum Gasteiger partial charge on any atom is 0.246 e. The summed E-state index contributed by atoms with van der Waals surface area (Å²) in [7, 11) is -1.22. The predicted molar refractivity (Wildman–Crippen MR) is 75.5 cm³/mol. The molecule has 6 nitrogen and oxygen atoms in total. The number of halogens is 1. The highest BCUT2D eigenvalue weighted by molar-refractivity contribution is 7.89. The van der Waals surface area contributed by atoms with Crippen LogP contribution in [-0.4, -0.2) is 46.1 Å². The molecule has 8 heteroatoms. The number of hydrogen-bond acceptors (Lipinski definition) is 5. The predicted octanol–water partition coefficient (Wildman–Crippen LogP) is 0.955. The lowest BCUT2D eigenvalue weighted by molar-refractivity contribution is 0.348. The number of rotatable bonds is 5. The minimum atomic E-state index is -3.95. The van der Waals surface area contributed by atoms with E-state index >= 15 is 0 Å². The molecular formula is C13H19FN2O4S. The third-order valence-electron chi connectivity index (χ3n) is 3.62. The monoisotopic (exact) mass is 318 g/mol. The number of nitrogens with two attached hydrogens (primary N) is 1. The lowest BCUT2D eigenvalue weighted by atomic mass is 10.2. The average Bonchev–Trinajstić information content (AvgIpc) is 2.95. The van der Waals surface area contributed by atoms with Gasteiger partial charge in [0, 0.05) is 31.3 Å². The van der Waals surface area contributed by atoms with Crippen LogP contribution in [-0.2, 0) is 10.0 Å². The molecule has 0 amide bonds. The standard InChI is InChI=1S/C13H19FN2O4S/c1-19-11-6-10(14)13(7-12(11)20-2)21(17,18)16-5-3-4-9(16)8-15/h6-7,9H,3-5,8,15H2,1-2H3. The molecule has 118 valence electrons. The summed E-state index contributed by atoms with van der Waals surface area (Å²) in [5.41, 5.74) is 5.59. The number of ether oxygens (including phenoxy) is 2. The largest absolute Gasteiger partial charge is 0.493 e. The minimum Gasteiger partial charge on any atom is -0.493 e. The summed E-state index contributed by atoms with van der Waals surface area (Å²) >= 11 is 0. The van der Waals surface area contributed by atoms with Crippen LogP contribution in [0, 0.1) is 5.82 Å². The molecule has 1 saturated heterocycles. The second kappa shape index (κ2) is 6.17. The van der Waals surface area contributed by atoms with Gasteiger partial charge in [-0.05, 0) is 12.8 Å². The van der Waals surface area contributed by atoms with Crippen LogP contribution < -0.4 is 15.2 Å². The molecule has 0 spiro atoms. The van der Waals surface area contributed by atoms with Crippen LogP contribution in [0.3, 0.4) is 0 Å². The Morgan fingerprint density at radius 1 is 1.33 bits per heavy atom. The highest BCUT2D eigenvalue weighted by Crippen LogP contribution is 2.34. The van der Waals surface area contributed by atoms with Crippen molar-refractivity contribution >= 4 is 10.0 Å². The number of sulfonamides is 1. The first-order valence-electron chi connectivity index (χ1n) is 6.59. The first-order chi connectivity index (χ1) is 9.95. The second-order valence-electron chi connectivity index (χ2n) is 4.79. The Bertz CT molecular complexity index is 621. The molecule has 1 aromatic carbocycles. The molecule has 1 heterocycles. The molecule has 1 unspecified atom stereocenters. The van der Waals surface area contributed by atoms with Crippen molar-refractivity contribution in [2.45, 2.75) is 23.8 Å². The van der Waals surface area contributed by atoms with Gasteiger partial charge in [0.25, 0.3) is 0 Å². The van der Waals surface area contributed by atoms with E-state index in [9.17, 15) is 12.8 Å². The van der Waals surface area contributed by atoms with Crippen LogP contribution in [0.5, 0.6) is 11.5 Å². The lowest BCUT2D eigenvalue weighted by Crippen LogP contribution is -2.40. The molecule has 1 aliphatic heterocycles. The van der Waals surface area contributed by atoms with E-state index in [0.29, 0.717) is 13.0 Å². The van der Waals surface area contributed by atoms with Gasteiger partial charge in [0.15, 0.2) is 11.5 Å². The Morgan fingerprint density at radius 2 is 1.95 bits per heavy atom. The van der Waals surface area contributed by atoms with E-state index in [1.165, 1.54) is 18.5 Å². The number of benzene rings is 1. The molecule has 0 bridgehead atoms. The number of nitrogens with zero attached hydrogens (tertiary/aromatic N) is 1. The molecule has 0 saturated carbocycles. The molecular weight excluding hydrogens is 299 g/mol. The zero-order chi connectivity index (χ0) is 15.6. The SMILES string of the molecule is COc1cc(F)c(S(=O)(=O)N2CCCC2CN)cc1OC. The summed E-state index contributed by atoms with van der Waals surface area (Å²) in [6, 6.07) is 1.87. The maximum atomic E-state index is 14.2. The quantitative estimate of drug-likeness (QED) is 0.874. The smallest absolute Gasteiger partial charge is 0.246 e. The fourth-order valence-corrected chi connectivity index (χ4v) is 4.29. The van der Waals surface area contributed by atoms with E-state index in [0.717, 1.165) is 18.6 Å². The van der Waals surface area contributed by atoms with Gasteiger partial charge >= 0.3 is 0 Å². The molecule has 1 aromatic rings. The van der Waals surface area contributed by atoms with Crippen LogP contribution in [0.25, 0.3) is 0 Å². The van der Waals surface area contributed by atoms with Crippen LogP contribution in [0.1, 0.15) is 12.8 Å². The fourth-order valence-electron chi connectivity index (χ4n) is 2.52. The van der Waals surface area contributed by atoms with Crippen molar-refractivity contribution in [3.8, 4) is 11.5 Å². The Balaban J connectivity index is 2.49. The van der Waals surface area contributed by atoms with E-state index in [1.54, 1.807) is 0 Å². The molecule has 1 fully saturated rings. The van der Waals surface area contributed by atoms with Crippen LogP contribution >= 0.6 is 0 Å². The van der Waals surface area contributed by atoms with E-state index in [1.807, 2.05) is 0 Å². The lowest BCUT2D eigenvalue weighted by Gasteiger charge is -2.23. The Kier molecular flexibility index (Phi) is 4.70. The molecule has 0 aromatic heterocycles. The van der Waals surface area contributed by atoms with Crippen molar-refractivity contribution in [1.82, 2.24) is 4.31 Å². The van der Waals surface area contributed by atoms with Crippen molar-refractivity contribution in [2.24, 2.45) is 5.73 Å². The van der Waals surface area contributed by atoms with E-state index in [2.05, 4.69) is 0 Å². The van der Waals surface area contributed by atoms with Gasteiger partial charge in [-0.1, -0.05) is 0 Å². The van der Waals surface area contributed by atoms with Gasteiger partial charge in [-0.15, -0.1) is 0 Å². The minimum absolute atomic E-state index is 0.144. The highest BCUT2D eigenvalue weighted by atomic mass is 32.2. The average molecular weight is 318 g/mol. The molecule has 0 aliphatic carbocycles. The third-order valence-corrected chi connectivity index (χ3v) is 5.59. The van der Waals surface area contributed by atoms with Gasteiger partial charge in [0.05, 0.1) is 14.2 Å². The van der Waals surface area contributed by atoms with Crippen molar-refractivity contribution in [3.63, 3.8) is 0 Å². The van der Waals surface area contributed by atoms with E-state index in [-0.39, 0.29) is 24.1 Å². The summed E-state index contributed by atoms with van der Waals surface area (Å²) in [6.45, 7) is 0.562. The summed E-state index contributed by atoms with van der Waals surface area (Å²) in [5.74, 6) is -0.554. The van der Waals surface area contributed by atoms with E-state index < -0.39 is 20.7 Å². The van der Waals surface area contributed by atoms with Crippen LogP contribution in [0.4, 0.5) is 4.39 Å². The van der Waals surface area contributed by atoms with Gasteiger partial charge in [0.1, 0.15) is 10.7 Å². The zero-order valence-electron chi connectivity index (χ0n) is 12.0. The second-order valence-corrected chi connectivity index (χ2v) is 6.64. The van der Waals surface area contributed by atoms with Gasteiger partial charge in [-0.3, -0.25) is 0 Å². The first-order valence-corrected chi connectivity index (χ1v) is 8.03.